The van der Waals surface area contributed by atoms with Gasteiger partial charge in [0.1, 0.15) is 0 Å². The van der Waals surface area contributed by atoms with Gasteiger partial charge in [-0.05, 0) is 29.0 Å². The third-order valence-corrected chi connectivity index (χ3v) is 3.17. The summed E-state index contributed by atoms with van der Waals surface area (Å²) in [5.74, 6) is -1.07. The van der Waals surface area contributed by atoms with Gasteiger partial charge in [-0.1, -0.05) is 6.07 Å². The first-order chi connectivity index (χ1) is 9.58. The minimum atomic E-state index is -1.07. The van der Waals surface area contributed by atoms with Gasteiger partial charge >= 0.3 is 5.97 Å². The summed E-state index contributed by atoms with van der Waals surface area (Å²) in [5, 5.41) is 22.5. The molecule has 0 unspecified atom stereocenters. The average molecular weight is 268 g/mol. The van der Waals surface area contributed by atoms with Gasteiger partial charge in [0, 0.05) is 23.8 Å². The fraction of sp³-hybridized carbons (Fsp3) is 0. The first kappa shape index (κ1) is 12.0. The monoisotopic (exact) mass is 268 g/mol. The standard InChI is InChI=1S/C14H8N2O4/c17-14(18)8-1-2-10-9(5-8)6-13(16(19)20)11-3-4-15-7-12(10)11/h1-7H,(H,17,18). The molecule has 0 radical (unpaired) electrons. The molecule has 0 saturated heterocycles. The maximum atomic E-state index is 11.1. The minimum absolute atomic E-state index is 0.0579. The SMILES string of the molecule is O=C(O)c1ccc2c(c1)cc([N+](=O)[O-])c1ccncc12. The largest absolute Gasteiger partial charge is 0.478 e. The van der Waals surface area contributed by atoms with Crippen LogP contribution in [0.25, 0.3) is 21.5 Å². The Balaban J connectivity index is 2.48. The molecule has 0 aliphatic carbocycles. The topological polar surface area (TPSA) is 93.3 Å². The molecule has 0 amide bonds. The molecule has 0 aliphatic rings. The molecule has 0 bridgehead atoms. The molecule has 3 rings (SSSR count). The summed E-state index contributed by atoms with van der Waals surface area (Å²) in [6.45, 7) is 0. The van der Waals surface area contributed by atoms with Crippen LogP contribution in [-0.2, 0) is 0 Å². The number of pyridine rings is 1. The Morgan fingerprint density at radius 2 is 1.95 bits per heavy atom. The molecule has 1 N–H and O–H groups in total. The average Bonchev–Trinajstić information content (AvgIpc) is 2.45. The Hall–Kier alpha value is -3.02. The summed E-state index contributed by atoms with van der Waals surface area (Å²) in [6.07, 6.45) is 3.04. The van der Waals surface area contributed by atoms with Crippen LogP contribution in [0, 0.1) is 10.1 Å². The number of nitro benzene ring substituents is 1. The van der Waals surface area contributed by atoms with E-state index < -0.39 is 10.9 Å². The Morgan fingerprint density at radius 1 is 1.15 bits per heavy atom. The van der Waals surface area contributed by atoms with E-state index in [9.17, 15) is 14.9 Å². The quantitative estimate of drug-likeness (QED) is 0.438. The van der Waals surface area contributed by atoms with Crippen molar-refractivity contribution in [3.8, 4) is 0 Å². The highest BCUT2D eigenvalue weighted by Crippen LogP contribution is 2.33. The smallest absolute Gasteiger partial charge is 0.335 e. The molecule has 20 heavy (non-hydrogen) atoms. The second-order valence-electron chi connectivity index (χ2n) is 4.32. The molecule has 0 spiro atoms. The number of carbonyl (C=O) groups is 1. The summed E-state index contributed by atoms with van der Waals surface area (Å²) >= 11 is 0. The molecule has 0 aliphatic heterocycles. The molecule has 1 aromatic heterocycles. The maximum absolute atomic E-state index is 11.1. The van der Waals surface area contributed by atoms with Crippen molar-refractivity contribution >= 4 is 33.2 Å². The molecule has 0 saturated carbocycles. The summed E-state index contributed by atoms with van der Waals surface area (Å²) < 4.78 is 0. The zero-order valence-electron chi connectivity index (χ0n) is 10.1. The molecule has 0 fully saturated rings. The van der Waals surface area contributed by atoms with Gasteiger partial charge in [-0.15, -0.1) is 0 Å². The summed E-state index contributed by atoms with van der Waals surface area (Å²) in [4.78, 5) is 25.6. The van der Waals surface area contributed by atoms with E-state index >= 15 is 0 Å². The highest BCUT2D eigenvalue weighted by molar-refractivity contribution is 6.12. The van der Waals surface area contributed by atoms with Crippen molar-refractivity contribution in [1.82, 2.24) is 4.98 Å². The van der Waals surface area contributed by atoms with E-state index in [2.05, 4.69) is 4.98 Å². The van der Waals surface area contributed by atoms with Crippen molar-refractivity contribution in [1.29, 1.82) is 0 Å². The van der Waals surface area contributed by atoms with E-state index in [4.69, 9.17) is 5.11 Å². The van der Waals surface area contributed by atoms with Crippen LogP contribution in [0.1, 0.15) is 10.4 Å². The van der Waals surface area contributed by atoms with Gasteiger partial charge in [0.25, 0.3) is 5.69 Å². The number of carboxylic acids is 1. The van der Waals surface area contributed by atoms with Gasteiger partial charge in [-0.2, -0.15) is 0 Å². The fourth-order valence-electron chi connectivity index (χ4n) is 2.27. The molecule has 0 atom stereocenters. The third kappa shape index (κ3) is 1.74. The van der Waals surface area contributed by atoms with E-state index in [1.165, 1.54) is 24.4 Å². The van der Waals surface area contributed by atoms with Gasteiger partial charge in [0.05, 0.1) is 15.9 Å². The highest BCUT2D eigenvalue weighted by Gasteiger charge is 2.16. The second kappa shape index (κ2) is 4.27. The number of nitro groups is 1. The van der Waals surface area contributed by atoms with Gasteiger partial charge in [0.15, 0.2) is 0 Å². The molecule has 1 heterocycles. The van der Waals surface area contributed by atoms with Crippen LogP contribution in [-0.4, -0.2) is 21.0 Å². The van der Waals surface area contributed by atoms with Crippen molar-refractivity contribution in [2.24, 2.45) is 0 Å². The predicted molar refractivity (Wildman–Crippen MR) is 72.9 cm³/mol. The summed E-state index contributed by atoms with van der Waals surface area (Å²) in [6, 6.07) is 7.52. The van der Waals surface area contributed by atoms with Crippen molar-refractivity contribution in [3.05, 3.63) is 58.4 Å². The number of aromatic carboxylic acids is 1. The van der Waals surface area contributed by atoms with Crippen LogP contribution < -0.4 is 0 Å². The molecule has 98 valence electrons. The molecular weight excluding hydrogens is 260 g/mol. The Bertz CT molecular complexity index is 874. The minimum Gasteiger partial charge on any atom is -0.478 e. The van der Waals surface area contributed by atoms with E-state index in [0.29, 0.717) is 16.2 Å². The van der Waals surface area contributed by atoms with Crippen LogP contribution in [0.5, 0.6) is 0 Å². The van der Waals surface area contributed by atoms with E-state index in [-0.39, 0.29) is 11.3 Å². The lowest BCUT2D eigenvalue weighted by molar-refractivity contribution is -0.382. The molecule has 6 nitrogen and oxygen atoms in total. The maximum Gasteiger partial charge on any atom is 0.335 e. The van der Waals surface area contributed by atoms with Gasteiger partial charge in [-0.3, -0.25) is 15.1 Å². The number of carboxylic acid groups (broad SMARTS) is 1. The summed E-state index contributed by atoms with van der Waals surface area (Å²) in [7, 11) is 0. The number of benzene rings is 2. The lowest BCUT2D eigenvalue weighted by Crippen LogP contribution is -1.96. The van der Waals surface area contributed by atoms with Gasteiger partial charge in [0.2, 0.25) is 0 Å². The lowest BCUT2D eigenvalue weighted by atomic mass is 10.00. The molecular formula is C14H8N2O4. The number of hydrogen-bond donors (Lipinski definition) is 1. The number of hydrogen-bond acceptors (Lipinski definition) is 4. The van der Waals surface area contributed by atoms with Crippen LogP contribution >= 0.6 is 0 Å². The molecule has 6 heteroatoms. The first-order valence-electron chi connectivity index (χ1n) is 5.76. The van der Waals surface area contributed by atoms with E-state index in [1.54, 1.807) is 18.3 Å². The molecule has 2 aromatic carbocycles. The van der Waals surface area contributed by atoms with Crippen molar-refractivity contribution in [3.63, 3.8) is 0 Å². The van der Waals surface area contributed by atoms with Gasteiger partial charge < -0.3 is 5.11 Å². The van der Waals surface area contributed by atoms with Crippen LogP contribution in [0.15, 0.2) is 42.7 Å². The number of nitrogens with zero attached hydrogens (tertiary/aromatic N) is 2. The Morgan fingerprint density at radius 3 is 2.65 bits per heavy atom. The molecule has 3 aromatic rings. The van der Waals surface area contributed by atoms with Crippen LogP contribution in [0.4, 0.5) is 5.69 Å². The lowest BCUT2D eigenvalue weighted by Gasteiger charge is -2.05. The second-order valence-corrected chi connectivity index (χ2v) is 4.32. The summed E-state index contributed by atoms with van der Waals surface area (Å²) in [5.41, 5.74) is 0.0347. The number of rotatable bonds is 2. The van der Waals surface area contributed by atoms with E-state index in [1.807, 2.05) is 0 Å². The zero-order chi connectivity index (χ0) is 14.3. The van der Waals surface area contributed by atoms with Crippen molar-refractivity contribution in [2.45, 2.75) is 0 Å². The van der Waals surface area contributed by atoms with Crippen molar-refractivity contribution in [2.75, 3.05) is 0 Å². The highest BCUT2D eigenvalue weighted by atomic mass is 16.6. The normalized spacial score (nSPS) is 10.8. The van der Waals surface area contributed by atoms with Gasteiger partial charge in [-0.25, -0.2) is 4.79 Å². The van der Waals surface area contributed by atoms with E-state index in [0.717, 1.165) is 5.39 Å². The number of non-ortho nitro benzene ring substituents is 1. The number of aromatic nitrogens is 1. The Labute approximate surface area is 112 Å². The first-order valence-corrected chi connectivity index (χ1v) is 5.76. The zero-order valence-corrected chi connectivity index (χ0v) is 10.1. The number of fused-ring (bicyclic) bond motifs is 3. The fourth-order valence-corrected chi connectivity index (χ4v) is 2.27. The van der Waals surface area contributed by atoms with Crippen LogP contribution in [0.3, 0.4) is 0 Å². The van der Waals surface area contributed by atoms with Crippen LogP contribution in [0.2, 0.25) is 0 Å². The third-order valence-electron chi connectivity index (χ3n) is 3.17. The Kier molecular flexibility index (Phi) is 2.57. The predicted octanol–water partition coefficient (Wildman–Crippen LogP) is 2.99. The van der Waals surface area contributed by atoms with Crippen molar-refractivity contribution < 1.29 is 14.8 Å².